The van der Waals surface area contributed by atoms with Gasteiger partial charge >= 0.3 is 25.0 Å². The van der Waals surface area contributed by atoms with Crippen molar-refractivity contribution in [1.82, 2.24) is 34.8 Å². The molecule has 14 heteroatoms. The number of ether oxygens (including phenoxy) is 1. The number of unbranched alkanes of at least 4 members (excludes halogenated alkanes) is 3. The number of aryl methyl sites for hydroxylation is 1. The number of rotatable bonds is 11. The molecule has 1 aliphatic heterocycles. The molecule has 2 amide bonds. The zero-order valence-electron chi connectivity index (χ0n) is 25.4. The normalized spacial score (nSPS) is 13.8. The molecule has 1 saturated heterocycles. The minimum atomic E-state index is -1.31. The van der Waals surface area contributed by atoms with Crippen LogP contribution in [0.1, 0.15) is 86.3 Å². The zero-order valence-corrected chi connectivity index (χ0v) is 25.4. The third-order valence-electron chi connectivity index (χ3n) is 6.95. The number of likely N-dealkylation sites (tertiary alicyclic amines) is 1. The summed E-state index contributed by atoms with van der Waals surface area (Å²) in [7, 11) is 0. The van der Waals surface area contributed by atoms with E-state index in [0.29, 0.717) is 43.9 Å². The number of nitrogen functional groups attached to an aromatic ring is 1. The summed E-state index contributed by atoms with van der Waals surface area (Å²) < 4.78 is 9.01. The van der Waals surface area contributed by atoms with Crippen molar-refractivity contribution in [2.45, 2.75) is 77.5 Å². The number of amides is 2. The van der Waals surface area contributed by atoms with Crippen molar-refractivity contribution in [3.05, 3.63) is 48.2 Å². The monoisotopic (exact) mass is 586 g/mol. The van der Waals surface area contributed by atoms with E-state index in [4.69, 9.17) is 10.5 Å². The second-order valence-electron chi connectivity index (χ2n) is 11.5. The number of aromatic nitrogens is 5. The predicted molar refractivity (Wildman–Crippen MR) is 153 cm³/mol. The number of nitrogens with one attached hydrogen (secondary N) is 1. The van der Waals surface area contributed by atoms with Crippen molar-refractivity contribution in [1.29, 1.82) is 0 Å². The van der Waals surface area contributed by atoms with Gasteiger partial charge in [-0.1, -0.05) is 18.9 Å². The summed E-state index contributed by atoms with van der Waals surface area (Å²) in [5.74, 6) is -1.61. The van der Waals surface area contributed by atoms with Crippen molar-refractivity contribution in [3.63, 3.8) is 0 Å². The van der Waals surface area contributed by atoms with Crippen LogP contribution in [0.3, 0.4) is 0 Å². The van der Waals surface area contributed by atoms with Gasteiger partial charge in [-0.2, -0.15) is 10.2 Å². The summed E-state index contributed by atoms with van der Waals surface area (Å²) in [6, 6.07) is 4.82. The van der Waals surface area contributed by atoms with Crippen LogP contribution in [0.4, 0.5) is 10.5 Å². The second-order valence-corrected chi connectivity index (χ2v) is 11.5. The number of nitrogens with zero attached hydrogens (tertiary/aromatic N) is 6. The van der Waals surface area contributed by atoms with Crippen molar-refractivity contribution in [2.75, 3.05) is 25.4 Å². The van der Waals surface area contributed by atoms with E-state index in [1.807, 2.05) is 31.6 Å². The number of piperidine rings is 1. The van der Waals surface area contributed by atoms with E-state index < -0.39 is 11.6 Å². The second kappa shape index (κ2) is 15.1. The summed E-state index contributed by atoms with van der Waals surface area (Å²) >= 11 is 0. The van der Waals surface area contributed by atoms with Gasteiger partial charge in [0.2, 0.25) is 0 Å². The number of hydrogen-bond acceptors (Lipinski definition) is 9. The summed E-state index contributed by atoms with van der Waals surface area (Å²) in [4.78, 5) is 41.8. The summed E-state index contributed by atoms with van der Waals surface area (Å²) in [5.41, 5.74) is 7.30. The van der Waals surface area contributed by atoms with Crippen LogP contribution in [-0.2, 0) is 11.3 Å². The molecular formula is C29H39LiN8O5. The Morgan fingerprint density at radius 1 is 1.09 bits per heavy atom. The Morgan fingerprint density at radius 3 is 2.51 bits per heavy atom. The average molecular weight is 587 g/mol. The molecule has 13 nitrogen and oxygen atoms in total. The number of pyridine rings is 1. The molecule has 0 radical (unpaired) electrons. The van der Waals surface area contributed by atoms with Crippen LogP contribution in [0, 0.1) is 0 Å². The molecule has 0 spiro atoms. The van der Waals surface area contributed by atoms with Crippen LogP contribution < -0.4 is 35.0 Å². The van der Waals surface area contributed by atoms with Crippen molar-refractivity contribution >= 4 is 23.7 Å². The molecule has 3 aromatic heterocycles. The maximum absolute atomic E-state index is 12.7. The molecule has 0 aromatic carbocycles. The number of carboxylic acids is 1. The smallest absolute Gasteiger partial charge is 0.543 e. The van der Waals surface area contributed by atoms with Crippen LogP contribution in [0.2, 0.25) is 0 Å². The first-order valence-electron chi connectivity index (χ1n) is 14.3. The number of carbonyl (C=O) groups is 3. The molecule has 0 aliphatic carbocycles. The molecule has 226 valence electrons. The van der Waals surface area contributed by atoms with Gasteiger partial charge in [-0.3, -0.25) is 14.2 Å². The molecule has 3 aromatic rings. The molecule has 43 heavy (non-hydrogen) atoms. The van der Waals surface area contributed by atoms with E-state index in [1.165, 1.54) is 6.07 Å². The van der Waals surface area contributed by atoms with Crippen molar-refractivity contribution < 1.29 is 43.1 Å². The fourth-order valence-corrected chi connectivity index (χ4v) is 4.77. The van der Waals surface area contributed by atoms with Gasteiger partial charge in [0.1, 0.15) is 5.60 Å². The van der Waals surface area contributed by atoms with Gasteiger partial charge in [0, 0.05) is 44.1 Å². The maximum Gasteiger partial charge on any atom is 1.00 e. The Kier molecular flexibility index (Phi) is 11.8. The predicted octanol–water partition coefficient (Wildman–Crippen LogP) is -0.346. The topological polar surface area (TPSA) is 173 Å². The molecular weight excluding hydrogens is 547 g/mol. The molecule has 3 N–H and O–H groups in total. The maximum atomic E-state index is 12.7. The van der Waals surface area contributed by atoms with E-state index in [9.17, 15) is 19.5 Å². The molecule has 4 rings (SSSR count). The minimum Gasteiger partial charge on any atom is -0.543 e. The van der Waals surface area contributed by atoms with Gasteiger partial charge in [-0.05, 0) is 58.6 Å². The van der Waals surface area contributed by atoms with Crippen LogP contribution in [-0.4, -0.2) is 72.6 Å². The molecule has 0 unspecified atom stereocenters. The van der Waals surface area contributed by atoms with Crippen LogP contribution >= 0.6 is 0 Å². The number of aromatic carboxylic acids is 1. The van der Waals surface area contributed by atoms with Gasteiger partial charge in [0.25, 0.3) is 5.91 Å². The third-order valence-corrected chi connectivity index (χ3v) is 6.95. The summed E-state index contributed by atoms with van der Waals surface area (Å²) in [6.07, 6.45) is 9.92. The van der Waals surface area contributed by atoms with Gasteiger partial charge < -0.3 is 30.6 Å². The minimum absolute atomic E-state index is 0. The van der Waals surface area contributed by atoms with E-state index in [1.54, 1.807) is 34.1 Å². The van der Waals surface area contributed by atoms with Gasteiger partial charge in [0.15, 0.2) is 5.69 Å². The van der Waals surface area contributed by atoms with Gasteiger partial charge in [-0.25, -0.2) is 9.78 Å². The molecule has 1 aliphatic rings. The Balaban J connectivity index is 0.00000506. The van der Waals surface area contributed by atoms with Gasteiger partial charge in [0.05, 0.1) is 35.3 Å². The molecule has 0 saturated carbocycles. The number of carbonyl (C=O) groups excluding carboxylic acids is 3. The SMILES string of the molecule is CC(C)(C)OC(=O)N1CCC(n2cc(N)c(C(=O)NCCCCCCn3cc(-c4cccc(C(=O)[O-])n4)cn3)n2)CC1.[Li+]. The first kappa shape index (κ1) is 33.7. The van der Waals surface area contributed by atoms with Crippen molar-refractivity contribution in [3.8, 4) is 11.3 Å². The van der Waals surface area contributed by atoms with Crippen molar-refractivity contribution in [2.24, 2.45) is 0 Å². The number of hydrogen-bond donors (Lipinski definition) is 2. The van der Waals surface area contributed by atoms with Crippen LogP contribution in [0.5, 0.6) is 0 Å². The fraction of sp³-hybridized carbons (Fsp3) is 0.517. The summed E-state index contributed by atoms with van der Waals surface area (Å²) in [6.45, 7) is 7.89. The van der Waals surface area contributed by atoms with Gasteiger partial charge in [-0.15, -0.1) is 0 Å². The zero-order chi connectivity index (χ0) is 30.3. The Morgan fingerprint density at radius 2 is 1.81 bits per heavy atom. The Bertz CT molecular complexity index is 1390. The fourth-order valence-electron chi connectivity index (χ4n) is 4.77. The van der Waals surface area contributed by atoms with E-state index in [2.05, 4.69) is 20.5 Å². The first-order valence-corrected chi connectivity index (χ1v) is 14.3. The van der Waals surface area contributed by atoms with E-state index >= 15 is 0 Å². The number of carboxylic acid groups (broad SMARTS) is 1. The molecule has 0 bridgehead atoms. The largest absolute Gasteiger partial charge is 1.00 e. The van der Waals surface area contributed by atoms with Crippen LogP contribution in [0.15, 0.2) is 36.8 Å². The number of anilines is 1. The quantitative estimate of drug-likeness (QED) is 0.225. The third kappa shape index (κ3) is 9.59. The molecule has 4 heterocycles. The molecule has 0 atom stereocenters. The average Bonchev–Trinajstić information content (AvgIpc) is 3.58. The molecule has 1 fully saturated rings. The Labute approximate surface area is 263 Å². The van der Waals surface area contributed by atoms with Crippen LogP contribution in [0.25, 0.3) is 11.3 Å². The first-order chi connectivity index (χ1) is 20.0. The summed E-state index contributed by atoms with van der Waals surface area (Å²) in [5, 5.41) is 22.7. The van der Waals surface area contributed by atoms with E-state index in [0.717, 1.165) is 37.8 Å². The Hall–Kier alpha value is -3.82. The number of nitrogens with two attached hydrogens (primary N) is 1. The standard InChI is InChI=1S/C29H40N8O5.Li/c1-29(2,3)42-28(41)35-15-11-21(12-16-35)37-19-22(30)25(34-37)26(38)31-13-6-4-5-7-14-36-18-20(17-32-36)23-9-8-10-24(33-23)27(39)40;/h8-10,17-19,21H,4-7,11-16,30H2,1-3H3,(H,31,38)(H,39,40);/q;+1/p-1. The van der Waals surface area contributed by atoms with E-state index in [-0.39, 0.29) is 48.3 Å².